The van der Waals surface area contributed by atoms with E-state index in [1.54, 1.807) is 4.90 Å². The first kappa shape index (κ1) is 25.9. The van der Waals surface area contributed by atoms with E-state index in [2.05, 4.69) is 10.2 Å². The maximum Gasteiger partial charge on any atom is 0.276 e. The minimum absolute atomic E-state index is 0.0349. The topological polar surface area (TPSA) is 94.9 Å². The number of benzene rings is 1. The second kappa shape index (κ2) is 10.5. The van der Waals surface area contributed by atoms with E-state index >= 15 is 0 Å². The summed E-state index contributed by atoms with van der Waals surface area (Å²) in [6.45, 7) is 2.85. The fraction of sp³-hybridized carbons (Fsp3) is 0.500. The molecule has 0 spiro atoms. The van der Waals surface area contributed by atoms with Crippen molar-refractivity contribution >= 4 is 23.5 Å². The highest BCUT2D eigenvalue weighted by Gasteiger charge is 2.45. The van der Waals surface area contributed by atoms with Crippen molar-refractivity contribution in [3.05, 3.63) is 63.1 Å². The average molecular weight is 533 g/mol. The summed E-state index contributed by atoms with van der Waals surface area (Å²) in [5.74, 6) is -1.00. The monoisotopic (exact) mass is 532 g/mol. The van der Waals surface area contributed by atoms with Gasteiger partial charge in [0, 0.05) is 43.0 Å². The largest absolute Gasteiger partial charge is 0.503 e. The van der Waals surface area contributed by atoms with Gasteiger partial charge < -0.3 is 19.9 Å². The number of aromatic nitrogens is 1. The molecule has 11 heteroatoms. The van der Waals surface area contributed by atoms with Crippen LogP contribution in [0.2, 0.25) is 0 Å². The molecule has 4 heterocycles. The summed E-state index contributed by atoms with van der Waals surface area (Å²) in [5.41, 5.74) is -1.05. The third-order valence-corrected chi connectivity index (χ3v) is 8.66. The molecule has 8 nitrogen and oxygen atoms in total. The van der Waals surface area contributed by atoms with Gasteiger partial charge in [-0.15, -0.1) is 0 Å². The Morgan fingerprint density at radius 3 is 2.68 bits per heavy atom. The smallest absolute Gasteiger partial charge is 0.276 e. The standard InChI is InChI=1S/C26H30F2N4O4S/c1-15-4-7-31(18-5-8-37-9-6-18)22-14-30-13-19(24(34)25(35)23(30)26(36)32(15)22)21(33)12-29-11-16-2-3-17(27)10-20(16)28/h2-3,10,13,15,18,22,29,35H,4-9,11-12,14H2,1H3/t15-,22?/m0/s1. The molecule has 2 fully saturated rings. The van der Waals surface area contributed by atoms with E-state index in [-0.39, 0.29) is 42.1 Å². The van der Waals surface area contributed by atoms with E-state index in [4.69, 9.17) is 0 Å². The summed E-state index contributed by atoms with van der Waals surface area (Å²) in [6.07, 6.45) is 4.05. The van der Waals surface area contributed by atoms with Crippen molar-refractivity contribution in [1.82, 2.24) is 19.7 Å². The van der Waals surface area contributed by atoms with Crippen molar-refractivity contribution < 1.29 is 23.5 Å². The molecular weight excluding hydrogens is 502 g/mol. The highest BCUT2D eigenvalue weighted by atomic mass is 32.2. The summed E-state index contributed by atoms with van der Waals surface area (Å²) in [6, 6.07) is 3.49. The quantitative estimate of drug-likeness (QED) is 0.553. The van der Waals surface area contributed by atoms with Crippen LogP contribution in [0.1, 0.15) is 52.6 Å². The number of nitrogens with zero attached hydrogens (tertiary/aromatic N) is 3. The van der Waals surface area contributed by atoms with Gasteiger partial charge in [-0.3, -0.25) is 19.3 Å². The Morgan fingerprint density at radius 1 is 1.19 bits per heavy atom. The van der Waals surface area contributed by atoms with Crippen LogP contribution in [0.15, 0.2) is 29.2 Å². The van der Waals surface area contributed by atoms with Crippen LogP contribution in [-0.2, 0) is 13.1 Å². The number of fused-ring (bicyclic) bond motifs is 2. The predicted octanol–water partition coefficient (Wildman–Crippen LogP) is 2.58. The molecule has 1 unspecified atom stereocenters. The number of pyridine rings is 1. The number of carbonyl (C=O) groups is 2. The van der Waals surface area contributed by atoms with Gasteiger partial charge in [-0.1, -0.05) is 6.07 Å². The second-order valence-electron chi connectivity index (χ2n) is 9.90. The second-order valence-corrected chi connectivity index (χ2v) is 11.1. The summed E-state index contributed by atoms with van der Waals surface area (Å²) < 4.78 is 28.5. The third kappa shape index (κ3) is 4.92. The lowest BCUT2D eigenvalue weighted by atomic mass is 9.98. The summed E-state index contributed by atoms with van der Waals surface area (Å²) in [7, 11) is 0. The highest BCUT2D eigenvalue weighted by molar-refractivity contribution is 7.99. The van der Waals surface area contributed by atoms with Crippen molar-refractivity contribution in [3.8, 4) is 5.75 Å². The zero-order valence-corrected chi connectivity index (χ0v) is 21.4. The molecule has 3 aliphatic heterocycles. The maximum atomic E-state index is 13.9. The first-order chi connectivity index (χ1) is 17.8. The molecule has 198 valence electrons. The fourth-order valence-electron chi connectivity index (χ4n) is 5.63. The zero-order chi connectivity index (χ0) is 26.3. The van der Waals surface area contributed by atoms with Crippen molar-refractivity contribution in [2.24, 2.45) is 0 Å². The Hall–Kier alpha value is -2.76. The molecule has 0 bridgehead atoms. The molecule has 2 atom stereocenters. The van der Waals surface area contributed by atoms with E-state index in [1.165, 1.54) is 16.8 Å². The van der Waals surface area contributed by atoms with E-state index in [0.29, 0.717) is 12.6 Å². The Bertz CT molecular complexity index is 1280. The summed E-state index contributed by atoms with van der Waals surface area (Å²) in [5, 5.41) is 13.5. The van der Waals surface area contributed by atoms with Gasteiger partial charge >= 0.3 is 0 Å². The molecule has 0 saturated carbocycles. The Kier molecular flexibility index (Phi) is 7.37. The first-order valence-electron chi connectivity index (χ1n) is 12.6. The van der Waals surface area contributed by atoms with Crippen molar-refractivity contribution in [3.63, 3.8) is 0 Å². The van der Waals surface area contributed by atoms with E-state index in [9.17, 15) is 28.3 Å². The lowest BCUT2D eigenvalue weighted by Crippen LogP contribution is -2.65. The van der Waals surface area contributed by atoms with E-state index in [1.807, 2.05) is 18.7 Å². The van der Waals surface area contributed by atoms with Crippen LogP contribution < -0.4 is 10.7 Å². The number of Topliss-reactive ketones (excluding diaryl/α,β-unsaturated/α-hetero) is 1. The SMILES string of the molecule is C[C@H]1CCN(C2CCSCC2)C2Cn3cc(C(=O)CNCc4ccc(F)cc4F)c(=O)c(O)c3C(=O)N21. The van der Waals surface area contributed by atoms with Crippen LogP contribution in [0, 0.1) is 11.6 Å². The van der Waals surface area contributed by atoms with Crippen LogP contribution in [0.5, 0.6) is 5.75 Å². The molecule has 3 aliphatic rings. The van der Waals surface area contributed by atoms with Gasteiger partial charge in [-0.05, 0) is 43.8 Å². The average Bonchev–Trinajstić information content (AvgIpc) is 2.88. The molecule has 5 rings (SSSR count). The normalized spacial score (nSPS) is 22.6. The van der Waals surface area contributed by atoms with Crippen molar-refractivity contribution in [2.45, 2.75) is 57.5 Å². The van der Waals surface area contributed by atoms with Gasteiger partial charge in [0.05, 0.1) is 18.7 Å². The number of rotatable bonds is 6. The van der Waals surface area contributed by atoms with Crippen LogP contribution in [0.4, 0.5) is 8.78 Å². The molecule has 0 aliphatic carbocycles. The molecule has 0 radical (unpaired) electrons. The number of nitrogens with one attached hydrogen (secondary N) is 1. The molecular formula is C26H30F2N4O4S. The number of hydrogen-bond acceptors (Lipinski definition) is 7. The first-order valence-corrected chi connectivity index (χ1v) is 13.7. The number of halogens is 2. The van der Waals surface area contributed by atoms with Gasteiger partial charge in [-0.25, -0.2) is 8.78 Å². The van der Waals surface area contributed by atoms with Crippen LogP contribution >= 0.6 is 11.8 Å². The summed E-state index contributed by atoms with van der Waals surface area (Å²) in [4.78, 5) is 43.5. The van der Waals surface area contributed by atoms with Gasteiger partial charge in [0.2, 0.25) is 5.43 Å². The minimum atomic E-state index is -0.899. The maximum absolute atomic E-state index is 13.9. The van der Waals surface area contributed by atoms with Crippen LogP contribution in [-0.4, -0.2) is 74.0 Å². The minimum Gasteiger partial charge on any atom is -0.503 e. The molecule has 1 amide bonds. The Morgan fingerprint density at radius 2 is 1.95 bits per heavy atom. The number of thioether (sulfide) groups is 1. The number of hydrogen-bond donors (Lipinski definition) is 2. The third-order valence-electron chi connectivity index (χ3n) is 7.61. The van der Waals surface area contributed by atoms with Crippen molar-refractivity contribution in [2.75, 3.05) is 24.6 Å². The lowest BCUT2D eigenvalue weighted by Gasteiger charge is -2.53. The van der Waals surface area contributed by atoms with Gasteiger partial charge in [0.25, 0.3) is 5.91 Å². The van der Waals surface area contributed by atoms with Gasteiger partial charge in [0.15, 0.2) is 17.2 Å². The molecule has 1 aromatic heterocycles. The Balaban J connectivity index is 1.39. The summed E-state index contributed by atoms with van der Waals surface area (Å²) >= 11 is 1.94. The number of aromatic hydroxyl groups is 1. The highest BCUT2D eigenvalue weighted by Crippen LogP contribution is 2.34. The van der Waals surface area contributed by atoms with Crippen molar-refractivity contribution in [1.29, 1.82) is 0 Å². The number of amides is 1. The zero-order valence-electron chi connectivity index (χ0n) is 20.6. The molecule has 2 aromatic rings. The molecule has 37 heavy (non-hydrogen) atoms. The predicted molar refractivity (Wildman–Crippen MR) is 136 cm³/mol. The fourth-order valence-corrected chi connectivity index (χ4v) is 6.72. The van der Waals surface area contributed by atoms with E-state index in [0.717, 1.165) is 49.4 Å². The lowest BCUT2D eigenvalue weighted by molar-refractivity contribution is -0.0530. The van der Waals surface area contributed by atoms with Crippen LogP contribution in [0.25, 0.3) is 0 Å². The molecule has 2 saturated heterocycles. The molecule has 1 aromatic carbocycles. The Labute approximate surface area is 217 Å². The van der Waals surface area contributed by atoms with Gasteiger partial charge in [0.1, 0.15) is 17.8 Å². The van der Waals surface area contributed by atoms with E-state index < -0.39 is 34.5 Å². The van der Waals surface area contributed by atoms with Crippen LogP contribution in [0.3, 0.4) is 0 Å². The van der Waals surface area contributed by atoms with Gasteiger partial charge in [-0.2, -0.15) is 11.8 Å². The number of carbonyl (C=O) groups excluding carboxylic acids is 2. The number of ketones is 1. The molecule has 2 N–H and O–H groups in total.